The van der Waals surface area contributed by atoms with Crippen molar-refractivity contribution in [1.82, 2.24) is 0 Å². The molecular formula is C19H13Cl2FN2O4S. The highest BCUT2D eigenvalue weighted by atomic mass is 35.5. The smallest absolute Gasteiger partial charge is 0.259 e. The number of anilines is 1. The van der Waals surface area contributed by atoms with Crippen LogP contribution in [0.1, 0.15) is 10.4 Å². The molecule has 0 aliphatic rings. The van der Waals surface area contributed by atoms with Crippen LogP contribution in [-0.2, 0) is 10.0 Å². The van der Waals surface area contributed by atoms with E-state index >= 15 is 0 Å². The Hall–Kier alpha value is -2.65. The van der Waals surface area contributed by atoms with Crippen molar-refractivity contribution in [3.63, 3.8) is 0 Å². The van der Waals surface area contributed by atoms with Gasteiger partial charge in [0.1, 0.15) is 17.3 Å². The van der Waals surface area contributed by atoms with E-state index in [1.165, 1.54) is 60.7 Å². The van der Waals surface area contributed by atoms with Crippen molar-refractivity contribution < 1.29 is 22.3 Å². The van der Waals surface area contributed by atoms with Gasteiger partial charge in [0.05, 0.1) is 20.5 Å². The van der Waals surface area contributed by atoms with Crippen LogP contribution in [0.4, 0.5) is 10.1 Å². The van der Waals surface area contributed by atoms with E-state index in [2.05, 4.69) is 5.32 Å². The number of benzene rings is 3. The van der Waals surface area contributed by atoms with Gasteiger partial charge in [0.2, 0.25) is 10.0 Å². The van der Waals surface area contributed by atoms with E-state index in [0.29, 0.717) is 0 Å². The van der Waals surface area contributed by atoms with Gasteiger partial charge in [-0.3, -0.25) is 4.79 Å². The molecule has 0 spiro atoms. The highest BCUT2D eigenvalue weighted by molar-refractivity contribution is 7.89. The largest absolute Gasteiger partial charge is 0.456 e. The predicted molar refractivity (Wildman–Crippen MR) is 109 cm³/mol. The van der Waals surface area contributed by atoms with Gasteiger partial charge in [0.15, 0.2) is 0 Å². The Morgan fingerprint density at radius 1 is 1.00 bits per heavy atom. The summed E-state index contributed by atoms with van der Waals surface area (Å²) < 4.78 is 41.7. The van der Waals surface area contributed by atoms with Crippen molar-refractivity contribution in [2.75, 3.05) is 5.32 Å². The van der Waals surface area contributed by atoms with Gasteiger partial charge < -0.3 is 10.1 Å². The number of hydrogen-bond donors (Lipinski definition) is 2. The lowest BCUT2D eigenvalue weighted by Crippen LogP contribution is -2.15. The lowest BCUT2D eigenvalue weighted by atomic mass is 10.1. The van der Waals surface area contributed by atoms with Crippen LogP contribution < -0.4 is 15.2 Å². The molecule has 3 N–H and O–H groups in total. The number of nitrogens with one attached hydrogen (secondary N) is 1. The van der Waals surface area contributed by atoms with Crippen LogP contribution in [0.3, 0.4) is 0 Å². The Morgan fingerprint density at radius 2 is 1.66 bits per heavy atom. The quantitative estimate of drug-likeness (QED) is 0.576. The first-order chi connectivity index (χ1) is 13.6. The summed E-state index contributed by atoms with van der Waals surface area (Å²) >= 11 is 12.1. The van der Waals surface area contributed by atoms with Crippen LogP contribution in [0.5, 0.6) is 11.5 Å². The van der Waals surface area contributed by atoms with E-state index in [9.17, 15) is 17.6 Å². The first-order valence-electron chi connectivity index (χ1n) is 8.00. The Morgan fingerprint density at radius 3 is 2.31 bits per heavy atom. The molecule has 3 rings (SSSR count). The Bertz CT molecular complexity index is 1190. The molecule has 0 atom stereocenters. The van der Waals surface area contributed by atoms with Crippen LogP contribution in [-0.4, -0.2) is 14.3 Å². The van der Waals surface area contributed by atoms with Crippen molar-refractivity contribution >= 4 is 44.8 Å². The molecule has 150 valence electrons. The van der Waals surface area contributed by atoms with Crippen molar-refractivity contribution in [1.29, 1.82) is 0 Å². The third-order valence-electron chi connectivity index (χ3n) is 3.73. The number of hydrogen-bond acceptors (Lipinski definition) is 4. The zero-order chi connectivity index (χ0) is 21.2. The third kappa shape index (κ3) is 5.24. The first kappa shape index (κ1) is 21.1. The van der Waals surface area contributed by atoms with Gasteiger partial charge in [-0.05, 0) is 48.5 Å². The van der Waals surface area contributed by atoms with Crippen molar-refractivity contribution in [3.8, 4) is 11.5 Å². The van der Waals surface area contributed by atoms with Gasteiger partial charge >= 0.3 is 0 Å². The van der Waals surface area contributed by atoms with E-state index in [0.717, 1.165) is 0 Å². The molecule has 0 aliphatic heterocycles. The highest BCUT2D eigenvalue weighted by Gasteiger charge is 2.18. The Kier molecular flexibility index (Phi) is 6.09. The van der Waals surface area contributed by atoms with Gasteiger partial charge in [-0.2, -0.15) is 0 Å². The molecule has 0 saturated heterocycles. The number of primary sulfonamides is 1. The number of ether oxygens (including phenoxy) is 1. The lowest BCUT2D eigenvalue weighted by molar-refractivity contribution is 0.102. The molecule has 10 heteroatoms. The second-order valence-corrected chi connectivity index (χ2v) is 8.22. The average molecular weight is 455 g/mol. The zero-order valence-corrected chi connectivity index (χ0v) is 16.9. The number of sulfonamides is 1. The Balaban J connectivity index is 1.94. The molecule has 1 amide bonds. The van der Waals surface area contributed by atoms with E-state index in [-0.39, 0.29) is 37.7 Å². The minimum Gasteiger partial charge on any atom is -0.456 e. The van der Waals surface area contributed by atoms with E-state index in [1.807, 2.05) is 0 Å². The molecule has 6 nitrogen and oxygen atoms in total. The molecule has 29 heavy (non-hydrogen) atoms. The van der Waals surface area contributed by atoms with Crippen LogP contribution >= 0.6 is 23.2 Å². The molecule has 0 aromatic heterocycles. The molecule has 0 heterocycles. The number of amides is 1. The lowest BCUT2D eigenvalue weighted by Gasteiger charge is -2.13. The average Bonchev–Trinajstić information content (AvgIpc) is 2.66. The van der Waals surface area contributed by atoms with Crippen LogP contribution in [0.25, 0.3) is 0 Å². The molecule has 3 aromatic rings. The fourth-order valence-corrected chi connectivity index (χ4v) is 3.25. The fraction of sp³-hybridized carbons (Fsp3) is 0. The SMILES string of the molecule is NS(=O)(=O)c1cccc(NC(=O)c2cc(Cl)c(Cl)cc2Oc2ccc(F)cc2)c1. The van der Waals surface area contributed by atoms with E-state index < -0.39 is 21.7 Å². The number of rotatable bonds is 5. The normalized spacial score (nSPS) is 11.2. The first-order valence-corrected chi connectivity index (χ1v) is 10.3. The maximum Gasteiger partial charge on any atom is 0.259 e. The number of carbonyl (C=O) groups is 1. The van der Waals surface area contributed by atoms with Gasteiger partial charge in [-0.25, -0.2) is 17.9 Å². The highest BCUT2D eigenvalue weighted by Crippen LogP contribution is 2.34. The van der Waals surface area contributed by atoms with Gasteiger partial charge in [0.25, 0.3) is 5.91 Å². The number of nitrogens with two attached hydrogens (primary N) is 1. The monoisotopic (exact) mass is 454 g/mol. The van der Waals surface area contributed by atoms with Crippen molar-refractivity contribution in [3.05, 3.63) is 82.1 Å². The summed E-state index contributed by atoms with van der Waals surface area (Å²) in [7, 11) is -3.94. The maximum atomic E-state index is 13.1. The summed E-state index contributed by atoms with van der Waals surface area (Å²) in [5.74, 6) is -0.729. The van der Waals surface area contributed by atoms with Crippen LogP contribution in [0, 0.1) is 5.82 Å². The summed E-state index contributed by atoms with van der Waals surface area (Å²) in [6, 6.07) is 13.3. The summed E-state index contributed by atoms with van der Waals surface area (Å²) in [4.78, 5) is 12.6. The van der Waals surface area contributed by atoms with Crippen LogP contribution in [0.2, 0.25) is 10.0 Å². The molecule has 0 fully saturated rings. The number of halogens is 3. The summed E-state index contributed by atoms with van der Waals surface area (Å²) in [6.07, 6.45) is 0. The topological polar surface area (TPSA) is 98.5 Å². The molecule has 0 saturated carbocycles. The fourth-order valence-electron chi connectivity index (χ4n) is 2.37. The molecule has 0 radical (unpaired) electrons. The number of carbonyl (C=O) groups excluding carboxylic acids is 1. The summed E-state index contributed by atoms with van der Waals surface area (Å²) in [6.45, 7) is 0. The van der Waals surface area contributed by atoms with Crippen LogP contribution in [0.15, 0.2) is 65.6 Å². The summed E-state index contributed by atoms with van der Waals surface area (Å²) in [5, 5.41) is 7.92. The molecule has 0 unspecified atom stereocenters. The standard InChI is InChI=1S/C19H13Cl2FN2O4S/c20-16-9-15(18(10-17(16)21)28-13-6-4-11(22)5-7-13)19(25)24-12-2-1-3-14(8-12)29(23,26)27/h1-10H,(H,24,25)(H2,23,26,27). The summed E-state index contributed by atoms with van der Waals surface area (Å²) in [5.41, 5.74) is 0.227. The zero-order valence-electron chi connectivity index (χ0n) is 14.5. The van der Waals surface area contributed by atoms with Gasteiger partial charge in [-0.15, -0.1) is 0 Å². The van der Waals surface area contributed by atoms with E-state index in [1.54, 1.807) is 0 Å². The van der Waals surface area contributed by atoms with Crippen molar-refractivity contribution in [2.24, 2.45) is 5.14 Å². The second-order valence-electron chi connectivity index (χ2n) is 5.85. The minimum atomic E-state index is -3.94. The second kappa shape index (κ2) is 8.38. The molecule has 0 aliphatic carbocycles. The third-order valence-corrected chi connectivity index (χ3v) is 5.36. The minimum absolute atomic E-state index is 0.0322. The maximum absolute atomic E-state index is 13.1. The Labute approximate surface area is 176 Å². The van der Waals surface area contributed by atoms with E-state index in [4.69, 9.17) is 33.1 Å². The van der Waals surface area contributed by atoms with Gasteiger partial charge in [0, 0.05) is 11.8 Å². The molecule has 3 aromatic carbocycles. The van der Waals surface area contributed by atoms with Crippen molar-refractivity contribution in [2.45, 2.75) is 4.90 Å². The molecule has 0 bridgehead atoms. The van der Waals surface area contributed by atoms with Gasteiger partial charge in [-0.1, -0.05) is 29.3 Å². The molecular weight excluding hydrogens is 442 g/mol. The predicted octanol–water partition coefficient (Wildman–Crippen LogP) is 4.82.